The van der Waals surface area contributed by atoms with Crippen LogP contribution in [-0.4, -0.2) is 56.1 Å². The molecular weight excluding hydrogens is 614 g/mol. The minimum atomic E-state index is -0.320. The number of rotatable bonds is 1. The van der Waals surface area contributed by atoms with Crippen molar-refractivity contribution in [2.45, 2.75) is 12.8 Å². The second-order valence-corrected chi connectivity index (χ2v) is 11.9. The highest BCUT2D eigenvalue weighted by Crippen LogP contribution is 2.58. The zero-order valence-corrected chi connectivity index (χ0v) is 24.7. The first-order valence-electron chi connectivity index (χ1n) is 13.9. The summed E-state index contributed by atoms with van der Waals surface area (Å²) in [5.41, 5.74) is 1.12. The van der Waals surface area contributed by atoms with Gasteiger partial charge in [0.15, 0.2) is 0 Å². The Labute approximate surface area is 257 Å². The molecule has 2 aliphatic heterocycles. The molecule has 0 aromatic carbocycles. The molecule has 1 N–H and O–H groups in total. The van der Waals surface area contributed by atoms with Crippen LogP contribution >= 0.6 is 15.9 Å². The molecule has 4 fully saturated rings. The maximum absolute atomic E-state index is 13.3. The monoisotopic (exact) mass is 640 g/mol. The molecular formula is C32H27BrF2N8. The predicted octanol–water partition coefficient (Wildman–Crippen LogP) is 4.31. The fourth-order valence-corrected chi connectivity index (χ4v) is 5.79. The van der Waals surface area contributed by atoms with E-state index in [-0.39, 0.29) is 22.5 Å². The van der Waals surface area contributed by atoms with Crippen LogP contribution in [0.4, 0.5) is 14.5 Å². The molecule has 0 spiro atoms. The van der Waals surface area contributed by atoms with Gasteiger partial charge >= 0.3 is 0 Å². The highest BCUT2D eigenvalue weighted by molar-refractivity contribution is 9.10. The van der Waals surface area contributed by atoms with Gasteiger partial charge in [0, 0.05) is 66.6 Å². The van der Waals surface area contributed by atoms with Gasteiger partial charge in [0.1, 0.15) is 11.6 Å². The van der Waals surface area contributed by atoms with E-state index in [2.05, 4.69) is 79.7 Å². The van der Waals surface area contributed by atoms with Crippen molar-refractivity contribution in [3.05, 3.63) is 102 Å². The van der Waals surface area contributed by atoms with Gasteiger partial charge in [-0.15, -0.1) is 0 Å². The Morgan fingerprint density at radius 2 is 1.40 bits per heavy atom. The van der Waals surface area contributed by atoms with E-state index in [1.807, 2.05) is 0 Å². The SMILES string of the molecule is C(#CC12CNCC1C2)c1ncccn1.Fc1cncc(Br)c1.Fc1cncc(N2CC3CC3(C#Cc3ncccn3)C2)c1. The molecule has 8 rings (SSSR count). The van der Waals surface area contributed by atoms with E-state index in [0.29, 0.717) is 22.0 Å². The lowest BCUT2D eigenvalue weighted by Crippen LogP contribution is -2.24. The third kappa shape index (κ3) is 7.19. The molecule has 4 aliphatic rings. The Hall–Kier alpha value is -4.32. The number of pyridine rings is 2. The summed E-state index contributed by atoms with van der Waals surface area (Å²) in [5, 5.41) is 3.36. The van der Waals surface area contributed by atoms with Gasteiger partial charge in [-0.3, -0.25) is 9.97 Å². The van der Waals surface area contributed by atoms with Crippen molar-refractivity contribution in [1.29, 1.82) is 0 Å². The molecule has 4 aromatic heterocycles. The Morgan fingerprint density at radius 3 is 1.93 bits per heavy atom. The molecule has 4 aromatic rings. The van der Waals surface area contributed by atoms with E-state index in [1.165, 1.54) is 30.9 Å². The summed E-state index contributed by atoms with van der Waals surface area (Å²) >= 11 is 3.06. The number of piperidine rings is 2. The van der Waals surface area contributed by atoms with Crippen LogP contribution in [-0.2, 0) is 0 Å². The Morgan fingerprint density at radius 1 is 0.791 bits per heavy atom. The minimum absolute atomic E-state index is 0.0194. The van der Waals surface area contributed by atoms with E-state index in [1.54, 1.807) is 43.1 Å². The smallest absolute Gasteiger partial charge is 0.204 e. The molecule has 0 radical (unpaired) electrons. The highest BCUT2D eigenvalue weighted by atomic mass is 79.9. The predicted molar refractivity (Wildman–Crippen MR) is 160 cm³/mol. The zero-order valence-electron chi connectivity index (χ0n) is 23.1. The Balaban J connectivity index is 0.000000128. The number of hydrogen-bond donors (Lipinski definition) is 1. The number of halogens is 3. The number of nitrogens with one attached hydrogen (secondary N) is 1. The quantitative estimate of drug-likeness (QED) is 0.308. The van der Waals surface area contributed by atoms with Crippen LogP contribution in [0.15, 0.2) is 78.3 Å². The molecule has 2 aliphatic carbocycles. The highest BCUT2D eigenvalue weighted by Gasteiger charge is 2.59. The van der Waals surface area contributed by atoms with Crippen LogP contribution in [0.3, 0.4) is 0 Å². The zero-order chi connectivity index (χ0) is 29.7. The summed E-state index contributed by atoms with van der Waals surface area (Å²) in [6.45, 7) is 3.90. The summed E-state index contributed by atoms with van der Waals surface area (Å²) in [6, 6.07) is 6.46. The number of fused-ring (bicyclic) bond motifs is 2. The van der Waals surface area contributed by atoms with Crippen LogP contribution in [0.1, 0.15) is 24.5 Å². The molecule has 8 nitrogen and oxygen atoms in total. The lowest BCUT2D eigenvalue weighted by Gasteiger charge is -2.20. The Kier molecular flexibility index (Phi) is 8.37. The normalized spacial score (nSPS) is 25.1. The summed E-state index contributed by atoms with van der Waals surface area (Å²) in [6.07, 6.45) is 14.8. The molecule has 4 atom stereocenters. The average Bonchev–Trinajstić information content (AvgIpc) is 3.81. The van der Waals surface area contributed by atoms with E-state index < -0.39 is 0 Å². The van der Waals surface area contributed by atoms with Crippen molar-refractivity contribution in [1.82, 2.24) is 35.2 Å². The van der Waals surface area contributed by atoms with Gasteiger partial charge in [0.2, 0.25) is 11.6 Å². The summed E-state index contributed by atoms with van der Waals surface area (Å²) < 4.78 is 26.0. The molecule has 4 unspecified atom stereocenters. The van der Waals surface area contributed by atoms with Crippen LogP contribution < -0.4 is 10.2 Å². The third-order valence-corrected chi connectivity index (χ3v) is 8.35. The standard InChI is InChI=1S/C16H13FN4.C11H11N3.C5H3BrFN/c17-13-6-14(9-18-8-13)21-10-12-7-16(12,11-21)3-2-15-19-4-1-5-20-15;1-4-13-10(14-5-1)2-3-11-6-9(11)7-12-8-11;6-4-1-5(7)3-8-2-4/h1,4-6,8-9,12H,7,10-11H2;1,4-5,9,12H,6-8H2;1-3H. The number of nitrogens with zero attached hydrogens (tertiary/aromatic N) is 7. The molecule has 2 saturated carbocycles. The van der Waals surface area contributed by atoms with Crippen LogP contribution in [0.5, 0.6) is 0 Å². The van der Waals surface area contributed by atoms with Gasteiger partial charge in [-0.2, -0.15) is 0 Å². The number of hydrogen-bond acceptors (Lipinski definition) is 8. The largest absolute Gasteiger partial charge is 0.368 e. The maximum atomic E-state index is 13.3. The van der Waals surface area contributed by atoms with Gasteiger partial charge in [-0.1, -0.05) is 11.8 Å². The van der Waals surface area contributed by atoms with E-state index in [9.17, 15) is 8.78 Å². The van der Waals surface area contributed by atoms with E-state index >= 15 is 0 Å². The Bertz CT molecular complexity index is 1690. The summed E-state index contributed by atoms with van der Waals surface area (Å²) in [5.74, 6) is 14.7. The lowest BCUT2D eigenvalue weighted by atomic mass is 10.1. The van der Waals surface area contributed by atoms with Crippen LogP contribution in [0.25, 0.3) is 0 Å². The topological polar surface area (TPSA) is 92.6 Å². The second kappa shape index (κ2) is 12.5. The van der Waals surface area contributed by atoms with Gasteiger partial charge in [0.05, 0.1) is 29.7 Å². The van der Waals surface area contributed by atoms with Gasteiger partial charge < -0.3 is 10.2 Å². The second-order valence-electron chi connectivity index (χ2n) is 11.0. The molecule has 43 heavy (non-hydrogen) atoms. The van der Waals surface area contributed by atoms with Crippen molar-refractivity contribution in [2.24, 2.45) is 22.7 Å². The van der Waals surface area contributed by atoms with Crippen LogP contribution in [0, 0.1) is 58.0 Å². The minimum Gasteiger partial charge on any atom is -0.368 e. The van der Waals surface area contributed by atoms with Gasteiger partial charge in [0.25, 0.3) is 0 Å². The third-order valence-electron chi connectivity index (χ3n) is 7.91. The molecule has 2 saturated heterocycles. The number of aromatic nitrogens is 6. The molecule has 0 amide bonds. The average molecular weight is 642 g/mol. The molecule has 216 valence electrons. The van der Waals surface area contributed by atoms with E-state index in [0.717, 1.165) is 50.4 Å². The number of anilines is 1. The fourth-order valence-electron chi connectivity index (χ4n) is 5.45. The molecule has 6 heterocycles. The van der Waals surface area contributed by atoms with Crippen molar-refractivity contribution in [2.75, 3.05) is 31.1 Å². The first-order valence-corrected chi connectivity index (χ1v) is 14.7. The molecule has 11 heteroatoms. The first kappa shape index (κ1) is 28.8. The maximum Gasteiger partial charge on any atom is 0.204 e. The van der Waals surface area contributed by atoms with E-state index in [4.69, 9.17) is 0 Å². The summed E-state index contributed by atoms with van der Waals surface area (Å²) in [7, 11) is 0. The molecule has 0 bridgehead atoms. The van der Waals surface area contributed by atoms with Gasteiger partial charge in [-0.25, -0.2) is 28.7 Å². The van der Waals surface area contributed by atoms with Crippen molar-refractivity contribution >= 4 is 21.6 Å². The first-order chi connectivity index (χ1) is 20.9. The van der Waals surface area contributed by atoms with Crippen molar-refractivity contribution in [3.8, 4) is 23.7 Å². The van der Waals surface area contributed by atoms with Crippen LogP contribution in [0.2, 0.25) is 0 Å². The van der Waals surface area contributed by atoms with Gasteiger partial charge in [-0.05, 0) is 77.2 Å². The fraction of sp³-hybridized carbons (Fsp3) is 0.312. The van der Waals surface area contributed by atoms with Crippen molar-refractivity contribution in [3.63, 3.8) is 0 Å². The lowest BCUT2D eigenvalue weighted by molar-refractivity contribution is 0.619. The summed E-state index contributed by atoms with van der Waals surface area (Å²) in [4.78, 5) is 26.0. The van der Waals surface area contributed by atoms with Crippen molar-refractivity contribution < 1.29 is 8.78 Å².